The highest BCUT2D eigenvalue weighted by molar-refractivity contribution is 6.32. The first kappa shape index (κ1) is 14.3. The first-order valence-corrected chi connectivity index (χ1v) is 6.28. The van der Waals surface area contributed by atoms with Crippen molar-refractivity contribution in [2.24, 2.45) is 0 Å². The van der Waals surface area contributed by atoms with Crippen LogP contribution < -0.4 is 10.1 Å². The summed E-state index contributed by atoms with van der Waals surface area (Å²) < 4.78 is 5.58. The molecule has 0 saturated heterocycles. The van der Waals surface area contributed by atoms with Crippen molar-refractivity contribution in [3.05, 3.63) is 28.8 Å². The average Bonchev–Trinajstić information content (AvgIpc) is 2.33. The van der Waals surface area contributed by atoms with Crippen molar-refractivity contribution < 1.29 is 9.84 Å². The molecule has 0 amide bonds. The van der Waals surface area contributed by atoms with Crippen LogP contribution in [0.25, 0.3) is 0 Å². The molecule has 96 valence electrons. The van der Waals surface area contributed by atoms with E-state index < -0.39 is 0 Å². The lowest BCUT2D eigenvalue weighted by molar-refractivity contribution is 0.227. The molecule has 3 nitrogen and oxygen atoms in total. The van der Waals surface area contributed by atoms with Crippen molar-refractivity contribution in [2.75, 3.05) is 19.8 Å². The van der Waals surface area contributed by atoms with E-state index in [4.69, 9.17) is 21.4 Å². The van der Waals surface area contributed by atoms with Gasteiger partial charge in [-0.1, -0.05) is 24.6 Å². The van der Waals surface area contributed by atoms with E-state index >= 15 is 0 Å². The first-order valence-electron chi connectivity index (χ1n) is 5.90. The summed E-state index contributed by atoms with van der Waals surface area (Å²) in [6, 6.07) is 5.85. The van der Waals surface area contributed by atoms with Crippen LogP contribution in [0.3, 0.4) is 0 Å². The summed E-state index contributed by atoms with van der Waals surface area (Å²) in [6.45, 7) is 5.43. The van der Waals surface area contributed by atoms with Crippen LogP contribution in [-0.2, 0) is 0 Å². The smallest absolute Gasteiger partial charge is 0.138 e. The Balaban J connectivity index is 2.33. The summed E-state index contributed by atoms with van der Waals surface area (Å²) in [5.74, 6) is 0.713. The Morgan fingerprint density at radius 1 is 1.47 bits per heavy atom. The van der Waals surface area contributed by atoms with E-state index in [2.05, 4.69) is 5.32 Å². The fourth-order valence-corrected chi connectivity index (χ4v) is 1.66. The summed E-state index contributed by atoms with van der Waals surface area (Å²) >= 11 is 6.01. The van der Waals surface area contributed by atoms with Gasteiger partial charge in [-0.05, 0) is 31.0 Å². The Kier molecular flexibility index (Phi) is 6.34. The molecule has 1 aromatic rings. The molecule has 2 N–H and O–H groups in total. The molecule has 1 rings (SSSR count). The van der Waals surface area contributed by atoms with Crippen LogP contribution in [0.5, 0.6) is 5.75 Å². The van der Waals surface area contributed by atoms with Crippen molar-refractivity contribution in [3.63, 3.8) is 0 Å². The third-order valence-corrected chi connectivity index (χ3v) is 2.90. The van der Waals surface area contributed by atoms with Gasteiger partial charge in [-0.25, -0.2) is 0 Å². The fraction of sp³-hybridized carbons (Fsp3) is 0.538. The highest BCUT2D eigenvalue weighted by Gasteiger charge is 2.04. The lowest BCUT2D eigenvalue weighted by atomic mass is 10.2. The van der Waals surface area contributed by atoms with Gasteiger partial charge >= 0.3 is 0 Å². The van der Waals surface area contributed by atoms with Gasteiger partial charge in [0.2, 0.25) is 0 Å². The van der Waals surface area contributed by atoms with Crippen LogP contribution in [-0.4, -0.2) is 30.9 Å². The Hall–Kier alpha value is -0.770. The van der Waals surface area contributed by atoms with Gasteiger partial charge in [0.1, 0.15) is 12.4 Å². The third-order valence-electron chi connectivity index (χ3n) is 2.59. The van der Waals surface area contributed by atoms with Gasteiger partial charge in [0.15, 0.2) is 0 Å². The van der Waals surface area contributed by atoms with Gasteiger partial charge < -0.3 is 15.2 Å². The van der Waals surface area contributed by atoms with E-state index in [1.54, 1.807) is 0 Å². The molecule has 1 aromatic carbocycles. The molecule has 0 radical (unpaired) electrons. The number of hydrogen-bond donors (Lipinski definition) is 2. The molecule has 0 fully saturated rings. The number of aliphatic hydroxyl groups is 1. The molecule has 0 unspecified atom stereocenters. The van der Waals surface area contributed by atoms with E-state index in [1.165, 1.54) is 0 Å². The maximum absolute atomic E-state index is 9.00. The average molecular weight is 258 g/mol. The van der Waals surface area contributed by atoms with E-state index in [1.807, 2.05) is 32.0 Å². The molecule has 17 heavy (non-hydrogen) atoms. The number of aryl methyl sites for hydroxylation is 1. The highest BCUT2D eigenvalue weighted by Crippen LogP contribution is 2.24. The molecule has 0 spiro atoms. The quantitative estimate of drug-likeness (QED) is 0.737. The number of rotatable bonds is 7. The molecule has 0 aliphatic carbocycles. The summed E-state index contributed by atoms with van der Waals surface area (Å²) in [5.41, 5.74) is 1.12. The zero-order chi connectivity index (χ0) is 12.7. The van der Waals surface area contributed by atoms with Crippen LogP contribution in [0.15, 0.2) is 18.2 Å². The minimum absolute atomic E-state index is 0.145. The molecule has 0 heterocycles. The molecule has 0 aliphatic rings. The predicted molar refractivity (Wildman–Crippen MR) is 70.9 cm³/mol. The van der Waals surface area contributed by atoms with Gasteiger partial charge in [-0.2, -0.15) is 0 Å². The van der Waals surface area contributed by atoms with Crippen molar-refractivity contribution >= 4 is 11.6 Å². The molecule has 0 bridgehead atoms. The second-order valence-corrected chi connectivity index (χ2v) is 4.43. The van der Waals surface area contributed by atoms with Crippen molar-refractivity contribution in [1.29, 1.82) is 0 Å². The largest absolute Gasteiger partial charge is 0.491 e. The molecule has 0 aliphatic heterocycles. The number of aliphatic hydroxyl groups excluding tert-OH is 1. The maximum atomic E-state index is 9.00. The van der Waals surface area contributed by atoms with Crippen LogP contribution in [0.4, 0.5) is 0 Å². The Labute approximate surface area is 108 Å². The standard InChI is InChI=1S/C13H20ClNO2/c1-3-11(9-16)15-6-7-17-13-8-10(2)4-5-12(13)14/h4-5,8,11,15-16H,3,6-7,9H2,1-2H3/t11-/m0/s1. The summed E-state index contributed by atoms with van der Waals surface area (Å²) in [6.07, 6.45) is 0.904. The second kappa shape index (κ2) is 7.54. The molecular weight excluding hydrogens is 238 g/mol. The normalized spacial score (nSPS) is 12.5. The van der Waals surface area contributed by atoms with Gasteiger partial charge in [0, 0.05) is 12.6 Å². The highest BCUT2D eigenvalue weighted by atomic mass is 35.5. The minimum Gasteiger partial charge on any atom is -0.491 e. The maximum Gasteiger partial charge on any atom is 0.138 e. The lowest BCUT2D eigenvalue weighted by Gasteiger charge is -2.14. The number of hydrogen-bond acceptors (Lipinski definition) is 3. The monoisotopic (exact) mass is 257 g/mol. The van der Waals surface area contributed by atoms with E-state index in [9.17, 15) is 0 Å². The molecule has 1 atom stereocenters. The Bertz CT molecular complexity index is 340. The molecular formula is C13H20ClNO2. The third kappa shape index (κ3) is 4.94. The fourth-order valence-electron chi connectivity index (χ4n) is 1.48. The molecule has 0 saturated carbocycles. The van der Waals surface area contributed by atoms with E-state index in [0.717, 1.165) is 12.0 Å². The van der Waals surface area contributed by atoms with Gasteiger partial charge in [-0.15, -0.1) is 0 Å². The van der Waals surface area contributed by atoms with E-state index in [0.29, 0.717) is 23.9 Å². The van der Waals surface area contributed by atoms with Crippen LogP contribution in [0.1, 0.15) is 18.9 Å². The summed E-state index contributed by atoms with van der Waals surface area (Å²) in [7, 11) is 0. The zero-order valence-electron chi connectivity index (χ0n) is 10.4. The number of nitrogens with one attached hydrogen (secondary N) is 1. The number of halogens is 1. The van der Waals surface area contributed by atoms with Gasteiger partial charge in [0.25, 0.3) is 0 Å². The number of benzene rings is 1. The molecule has 0 aromatic heterocycles. The minimum atomic E-state index is 0.145. The van der Waals surface area contributed by atoms with Crippen LogP contribution in [0.2, 0.25) is 5.02 Å². The van der Waals surface area contributed by atoms with Crippen molar-refractivity contribution in [1.82, 2.24) is 5.32 Å². The van der Waals surface area contributed by atoms with Crippen LogP contribution in [0, 0.1) is 6.92 Å². The second-order valence-electron chi connectivity index (χ2n) is 4.02. The van der Waals surface area contributed by atoms with E-state index in [-0.39, 0.29) is 12.6 Å². The zero-order valence-corrected chi connectivity index (χ0v) is 11.1. The van der Waals surface area contributed by atoms with Crippen molar-refractivity contribution in [3.8, 4) is 5.75 Å². The van der Waals surface area contributed by atoms with Gasteiger partial charge in [0.05, 0.1) is 11.6 Å². The predicted octanol–water partition coefficient (Wildman–Crippen LogP) is 2.39. The lowest BCUT2D eigenvalue weighted by Crippen LogP contribution is -2.34. The van der Waals surface area contributed by atoms with Crippen molar-refractivity contribution in [2.45, 2.75) is 26.3 Å². The summed E-state index contributed by atoms with van der Waals surface area (Å²) in [5, 5.41) is 12.8. The number of ether oxygens (including phenoxy) is 1. The Morgan fingerprint density at radius 2 is 2.24 bits per heavy atom. The SMILES string of the molecule is CC[C@@H](CO)NCCOc1cc(C)ccc1Cl. The Morgan fingerprint density at radius 3 is 2.88 bits per heavy atom. The summed E-state index contributed by atoms with van der Waals surface area (Å²) in [4.78, 5) is 0. The van der Waals surface area contributed by atoms with Crippen LogP contribution >= 0.6 is 11.6 Å². The first-order chi connectivity index (χ1) is 8.17. The van der Waals surface area contributed by atoms with Gasteiger partial charge in [-0.3, -0.25) is 0 Å². The molecule has 4 heteroatoms. The topological polar surface area (TPSA) is 41.5 Å².